The molecule has 0 radical (unpaired) electrons. The van der Waals surface area contributed by atoms with Gasteiger partial charge in [0.05, 0.1) is 12.2 Å². The summed E-state index contributed by atoms with van der Waals surface area (Å²) in [7, 11) is 0. The molecule has 0 heterocycles. The van der Waals surface area contributed by atoms with Crippen LogP contribution in [-0.4, -0.2) is 12.5 Å². The number of carbonyl (C=O) groups excluding carboxylic acids is 1. The minimum absolute atomic E-state index is 0.126. The highest BCUT2D eigenvalue weighted by Crippen LogP contribution is 2.26. The molecule has 25 heavy (non-hydrogen) atoms. The molecule has 0 atom stereocenters. The molecule has 3 rings (SSSR count). The van der Waals surface area contributed by atoms with Crippen molar-refractivity contribution in [1.29, 1.82) is 0 Å². The van der Waals surface area contributed by atoms with Gasteiger partial charge in [-0.25, -0.2) is 0 Å². The quantitative estimate of drug-likeness (QED) is 0.639. The van der Waals surface area contributed by atoms with E-state index in [1.54, 1.807) is 6.07 Å². The van der Waals surface area contributed by atoms with Crippen molar-refractivity contribution in [2.24, 2.45) is 5.92 Å². The number of anilines is 1. The largest absolute Gasteiger partial charge is 0.494 e. The van der Waals surface area contributed by atoms with Gasteiger partial charge in [-0.3, -0.25) is 4.79 Å². The number of hydrogen-bond donors (Lipinski definition) is 1. The van der Waals surface area contributed by atoms with Gasteiger partial charge in [0, 0.05) is 10.2 Å². The van der Waals surface area contributed by atoms with E-state index in [0.717, 1.165) is 34.9 Å². The van der Waals surface area contributed by atoms with E-state index in [-0.39, 0.29) is 5.91 Å². The maximum absolute atomic E-state index is 12.3. The highest BCUT2D eigenvalue weighted by Gasteiger charge is 2.13. The van der Waals surface area contributed by atoms with Crippen molar-refractivity contribution in [3.63, 3.8) is 0 Å². The van der Waals surface area contributed by atoms with Crippen molar-refractivity contribution in [1.82, 2.24) is 0 Å². The zero-order valence-electron chi connectivity index (χ0n) is 14.3. The smallest absolute Gasteiger partial charge is 0.256 e. The summed E-state index contributed by atoms with van der Waals surface area (Å²) in [4.78, 5) is 12.3. The van der Waals surface area contributed by atoms with Crippen LogP contribution in [0.2, 0.25) is 0 Å². The number of carbonyl (C=O) groups is 1. The molecule has 0 spiro atoms. The first-order valence-electron chi connectivity index (χ1n) is 9.01. The van der Waals surface area contributed by atoms with Crippen molar-refractivity contribution in [2.75, 3.05) is 11.9 Å². The molecule has 1 N–H and O–H groups in total. The van der Waals surface area contributed by atoms with Crippen LogP contribution in [0.15, 0.2) is 53.0 Å². The first kappa shape index (κ1) is 18.0. The fraction of sp³-hybridized carbons (Fsp3) is 0.381. The monoisotopic (exact) mass is 401 g/mol. The van der Waals surface area contributed by atoms with Crippen molar-refractivity contribution in [3.8, 4) is 5.75 Å². The fourth-order valence-electron chi connectivity index (χ4n) is 3.30. The second kappa shape index (κ2) is 9.04. The van der Waals surface area contributed by atoms with Crippen LogP contribution in [0.4, 0.5) is 5.69 Å². The van der Waals surface area contributed by atoms with Crippen LogP contribution in [0, 0.1) is 5.92 Å². The summed E-state index contributed by atoms with van der Waals surface area (Å²) in [5, 5.41) is 2.91. The van der Waals surface area contributed by atoms with Crippen molar-refractivity contribution in [3.05, 3.63) is 58.6 Å². The molecule has 0 bridgehead atoms. The minimum atomic E-state index is -0.126. The van der Waals surface area contributed by atoms with Crippen LogP contribution in [0.1, 0.15) is 48.9 Å². The number of benzene rings is 2. The third kappa shape index (κ3) is 5.33. The van der Waals surface area contributed by atoms with Gasteiger partial charge in [0.2, 0.25) is 0 Å². The Morgan fingerprint density at radius 1 is 1.04 bits per heavy atom. The van der Waals surface area contributed by atoms with E-state index in [4.69, 9.17) is 4.74 Å². The summed E-state index contributed by atoms with van der Waals surface area (Å²) in [5.74, 6) is 1.56. The average molecular weight is 402 g/mol. The number of nitrogens with one attached hydrogen (secondary N) is 1. The third-order valence-electron chi connectivity index (χ3n) is 4.75. The zero-order valence-corrected chi connectivity index (χ0v) is 15.9. The lowest BCUT2D eigenvalue weighted by Gasteiger charge is -2.21. The number of rotatable bonds is 6. The van der Waals surface area contributed by atoms with Crippen LogP contribution in [0.3, 0.4) is 0 Å². The van der Waals surface area contributed by atoms with Gasteiger partial charge in [-0.15, -0.1) is 0 Å². The van der Waals surface area contributed by atoms with E-state index in [0.29, 0.717) is 5.56 Å². The predicted molar refractivity (Wildman–Crippen MR) is 105 cm³/mol. The fourth-order valence-corrected chi connectivity index (χ4v) is 3.76. The van der Waals surface area contributed by atoms with Gasteiger partial charge in [0.25, 0.3) is 5.91 Å². The number of hydrogen-bond acceptors (Lipinski definition) is 2. The lowest BCUT2D eigenvalue weighted by Crippen LogP contribution is -2.12. The molecular formula is C21H24BrNO2. The Kier molecular flexibility index (Phi) is 6.51. The average Bonchev–Trinajstić information content (AvgIpc) is 2.64. The standard InChI is InChI=1S/C21H24BrNO2/c22-20-9-5-4-8-19(20)21(24)23-17-10-12-18(13-11-17)25-15-14-16-6-2-1-3-7-16/h4-5,8-13,16H,1-3,6-7,14-15H2,(H,23,24). The zero-order chi connectivity index (χ0) is 17.5. The third-order valence-corrected chi connectivity index (χ3v) is 5.44. The second-order valence-electron chi connectivity index (χ2n) is 6.60. The van der Waals surface area contributed by atoms with Gasteiger partial charge in [-0.05, 0) is 64.7 Å². The molecule has 132 valence electrons. The van der Waals surface area contributed by atoms with E-state index in [1.165, 1.54) is 32.1 Å². The molecule has 4 heteroatoms. The van der Waals surface area contributed by atoms with E-state index in [9.17, 15) is 4.79 Å². The lowest BCUT2D eigenvalue weighted by atomic mass is 9.87. The van der Waals surface area contributed by atoms with E-state index in [2.05, 4.69) is 21.2 Å². The summed E-state index contributed by atoms with van der Waals surface area (Å²) >= 11 is 3.40. The molecule has 0 unspecified atom stereocenters. The second-order valence-corrected chi connectivity index (χ2v) is 7.45. The Morgan fingerprint density at radius 3 is 2.48 bits per heavy atom. The molecule has 0 aromatic heterocycles. The molecule has 1 aliphatic rings. The Balaban J connectivity index is 1.48. The van der Waals surface area contributed by atoms with Gasteiger partial charge in [0.15, 0.2) is 0 Å². The lowest BCUT2D eigenvalue weighted by molar-refractivity contribution is 0.102. The van der Waals surface area contributed by atoms with Crippen LogP contribution in [-0.2, 0) is 0 Å². The molecule has 2 aromatic rings. The predicted octanol–water partition coefficient (Wildman–Crippen LogP) is 6.05. The number of ether oxygens (including phenoxy) is 1. The van der Waals surface area contributed by atoms with Crippen molar-refractivity contribution < 1.29 is 9.53 Å². The first-order valence-corrected chi connectivity index (χ1v) is 9.80. The first-order chi connectivity index (χ1) is 12.2. The van der Waals surface area contributed by atoms with Crippen LogP contribution in [0.25, 0.3) is 0 Å². The molecule has 3 nitrogen and oxygen atoms in total. The summed E-state index contributed by atoms with van der Waals surface area (Å²) in [6, 6.07) is 15.0. The van der Waals surface area contributed by atoms with Crippen molar-refractivity contribution in [2.45, 2.75) is 38.5 Å². The Labute approximate surface area is 157 Å². The van der Waals surface area contributed by atoms with Gasteiger partial charge < -0.3 is 10.1 Å². The molecule has 1 saturated carbocycles. The Morgan fingerprint density at radius 2 is 1.76 bits per heavy atom. The summed E-state index contributed by atoms with van der Waals surface area (Å²) in [6.07, 6.45) is 7.98. The van der Waals surface area contributed by atoms with Crippen molar-refractivity contribution >= 4 is 27.5 Å². The number of amides is 1. The van der Waals surface area contributed by atoms with Gasteiger partial charge in [-0.1, -0.05) is 44.2 Å². The Bertz CT molecular complexity index is 693. The molecule has 2 aromatic carbocycles. The molecule has 1 aliphatic carbocycles. The van der Waals surface area contributed by atoms with Gasteiger partial charge in [0.1, 0.15) is 5.75 Å². The van der Waals surface area contributed by atoms with Crippen LogP contribution < -0.4 is 10.1 Å². The van der Waals surface area contributed by atoms with Gasteiger partial charge >= 0.3 is 0 Å². The molecule has 0 aliphatic heterocycles. The highest BCUT2D eigenvalue weighted by atomic mass is 79.9. The molecule has 0 saturated heterocycles. The molecular weight excluding hydrogens is 378 g/mol. The van der Waals surface area contributed by atoms with E-state index in [1.807, 2.05) is 42.5 Å². The highest BCUT2D eigenvalue weighted by molar-refractivity contribution is 9.10. The van der Waals surface area contributed by atoms with E-state index >= 15 is 0 Å². The molecule has 1 amide bonds. The Hall–Kier alpha value is -1.81. The SMILES string of the molecule is O=C(Nc1ccc(OCCC2CCCCC2)cc1)c1ccccc1Br. The summed E-state index contributed by atoms with van der Waals surface area (Å²) < 4.78 is 6.64. The van der Waals surface area contributed by atoms with Crippen LogP contribution in [0.5, 0.6) is 5.75 Å². The summed E-state index contributed by atoms with van der Waals surface area (Å²) in [5.41, 5.74) is 1.38. The maximum Gasteiger partial charge on any atom is 0.256 e. The van der Waals surface area contributed by atoms with Gasteiger partial charge in [-0.2, -0.15) is 0 Å². The molecule has 1 fully saturated rings. The van der Waals surface area contributed by atoms with E-state index < -0.39 is 0 Å². The summed E-state index contributed by atoms with van der Waals surface area (Å²) in [6.45, 7) is 0.771. The minimum Gasteiger partial charge on any atom is -0.494 e. The maximum atomic E-state index is 12.3. The van der Waals surface area contributed by atoms with Crippen LogP contribution >= 0.6 is 15.9 Å². The topological polar surface area (TPSA) is 38.3 Å². The normalized spacial score (nSPS) is 14.9. The number of halogens is 1.